The summed E-state index contributed by atoms with van der Waals surface area (Å²) in [5, 5.41) is 4.10. The van der Waals surface area contributed by atoms with Crippen molar-refractivity contribution in [3.63, 3.8) is 0 Å². The van der Waals surface area contributed by atoms with E-state index in [1.54, 1.807) is 0 Å². The van der Waals surface area contributed by atoms with Crippen LogP contribution in [0.5, 0.6) is 0 Å². The molecule has 0 aliphatic heterocycles. The summed E-state index contributed by atoms with van der Waals surface area (Å²) in [5.41, 5.74) is 6.06. The topological polar surface area (TPSA) is 64.9 Å². The molecule has 0 saturated carbocycles. The molecule has 102 valence electrons. The molecule has 0 spiro atoms. The maximum atomic E-state index is 13.0. The van der Waals surface area contributed by atoms with Crippen LogP contribution in [-0.4, -0.2) is 10.1 Å². The normalized spacial score (nSPS) is 11.8. The second-order valence-electron chi connectivity index (χ2n) is 4.41. The molecule has 0 aliphatic carbocycles. The standard InChI is InChI=1S/C13H15ClFN3O/c1-3-13(16,4-2)12-17-11(18-19-12)9-6-5-8(15)7-10(9)14/h5-7H,3-4,16H2,1-2H3. The molecule has 4 nitrogen and oxygen atoms in total. The van der Waals surface area contributed by atoms with E-state index in [4.69, 9.17) is 21.9 Å². The van der Waals surface area contributed by atoms with E-state index in [2.05, 4.69) is 10.1 Å². The highest BCUT2D eigenvalue weighted by Gasteiger charge is 2.30. The molecule has 0 fully saturated rings. The van der Waals surface area contributed by atoms with Gasteiger partial charge < -0.3 is 10.3 Å². The Balaban J connectivity index is 2.41. The Morgan fingerprint density at radius 1 is 1.37 bits per heavy atom. The molecular formula is C13H15ClFN3O. The Kier molecular flexibility index (Phi) is 3.87. The first-order valence-corrected chi connectivity index (χ1v) is 6.46. The summed E-state index contributed by atoms with van der Waals surface area (Å²) in [6.07, 6.45) is 1.37. The maximum absolute atomic E-state index is 13.0. The van der Waals surface area contributed by atoms with Gasteiger partial charge in [0.1, 0.15) is 5.82 Å². The lowest BCUT2D eigenvalue weighted by atomic mass is 9.94. The molecule has 19 heavy (non-hydrogen) atoms. The minimum Gasteiger partial charge on any atom is -0.337 e. The molecule has 1 heterocycles. The predicted octanol–water partition coefficient (Wildman–Crippen LogP) is 3.50. The number of hydrogen-bond donors (Lipinski definition) is 1. The van der Waals surface area contributed by atoms with Crippen LogP contribution in [0.25, 0.3) is 11.4 Å². The van der Waals surface area contributed by atoms with Crippen molar-refractivity contribution < 1.29 is 8.91 Å². The fourth-order valence-corrected chi connectivity index (χ4v) is 2.01. The summed E-state index contributed by atoms with van der Waals surface area (Å²) < 4.78 is 18.2. The molecule has 0 unspecified atom stereocenters. The summed E-state index contributed by atoms with van der Waals surface area (Å²) in [4.78, 5) is 4.28. The van der Waals surface area contributed by atoms with Gasteiger partial charge in [0.25, 0.3) is 0 Å². The van der Waals surface area contributed by atoms with E-state index < -0.39 is 11.4 Å². The first kappa shape index (κ1) is 14.0. The molecule has 0 bridgehead atoms. The highest BCUT2D eigenvalue weighted by Crippen LogP contribution is 2.29. The molecule has 0 atom stereocenters. The van der Waals surface area contributed by atoms with Crippen LogP contribution in [0.15, 0.2) is 22.7 Å². The Bertz CT molecular complexity index is 581. The lowest BCUT2D eigenvalue weighted by Gasteiger charge is -2.20. The summed E-state index contributed by atoms with van der Waals surface area (Å²) in [6, 6.07) is 4.03. The van der Waals surface area contributed by atoms with E-state index >= 15 is 0 Å². The molecule has 0 amide bonds. The van der Waals surface area contributed by atoms with Crippen LogP contribution in [0, 0.1) is 5.82 Å². The molecule has 1 aromatic carbocycles. The third-order valence-corrected chi connectivity index (χ3v) is 3.60. The van der Waals surface area contributed by atoms with Gasteiger partial charge in [0, 0.05) is 5.56 Å². The van der Waals surface area contributed by atoms with Gasteiger partial charge in [-0.3, -0.25) is 0 Å². The van der Waals surface area contributed by atoms with Gasteiger partial charge in [-0.05, 0) is 31.0 Å². The largest absolute Gasteiger partial charge is 0.337 e. The van der Waals surface area contributed by atoms with Gasteiger partial charge in [-0.25, -0.2) is 4.39 Å². The summed E-state index contributed by atoms with van der Waals surface area (Å²) in [6.45, 7) is 3.91. The fourth-order valence-electron chi connectivity index (χ4n) is 1.76. The van der Waals surface area contributed by atoms with Crippen molar-refractivity contribution in [3.05, 3.63) is 34.9 Å². The molecule has 2 aromatic rings. The Labute approximate surface area is 115 Å². The fraction of sp³-hybridized carbons (Fsp3) is 0.385. The van der Waals surface area contributed by atoms with Crippen molar-refractivity contribution in [1.29, 1.82) is 0 Å². The molecule has 2 N–H and O–H groups in total. The molecule has 1 aromatic heterocycles. The zero-order valence-corrected chi connectivity index (χ0v) is 11.5. The summed E-state index contributed by atoms with van der Waals surface area (Å²) >= 11 is 5.96. The van der Waals surface area contributed by atoms with E-state index in [1.807, 2.05) is 13.8 Å². The number of nitrogens with two attached hydrogens (primary N) is 1. The van der Waals surface area contributed by atoms with E-state index in [1.165, 1.54) is 18.2 Å². The van der Waals surface area contributed by atoms with Crippen LogP contribution in [0.3, 0.4) is 0 Å². The van der Waals surface area contributed by atoms with Crippen molar-refractivity contribution in [2.24, 2.45) is 5.73 Å². The Hall–Kier alpha value is -1.46. The van der Waals surface area contributed by atoms with Gasteiger partial charge in [-0.15, -0.1) is 0 Å². The first-order valence-electron chi connectivity index (χ1n) is 6.08. The first-order chi connectivity index (χ1) is 9.00. The lowest BCUT2D eigenvalue weighted by molar-refractivity contribution is 0.268. The third-order valence-electron chi connectivity index (χ3n) is 3.29. The summed E-state index contributed by atoms with van der Waals surface area (Å²) in [7, 11) is 0. The molecular weight excluding hydrogens is 269 g/mol. The zero-order chi connectivity index (χ0) is 14.0. The lowest BCUT2D eigenvalue weighted by Crippen LogP contribution is -2.35. The molecule has 0 aliphatic rings. The second-order valence-corrected chi connectivity index (χ2v) is 4.82. The third kappa shape index (κ3) is 2.62. The van der Waals surface area contributed by atoms with Crippen molar-refractivity contribution in [3.8, 4) is 11.4 Å². The van der Waals surface area contributed by atoms with E-state index in [0.29, 0.717) is 30.1 Å². The van der Waals surface area contributed by atoms with Crippen molar-refractivity contribution in [2.45, 2.75) is 32.2 Å². The maximum Gasteiger partial charge on any atom is 0.247 e. The molecule has 0 saturated heterocycles. The average Bonchev–Trinajstić information content (AvgIpc) is 2.88. The van der Waals surface area contributed by atoms with Crippen molar-refractivity contribution in [1.82, 2.24) is 10.1 Å². The Morgan fingerprint density at radius 2 is 2.05 bits per heavy atom. The zero-order valence-electron chi connectivity index (χ0n) is 10.8. The summed E-state index contributed by atoms with van der Waals surface area (Å²) in [5.74, 6) is 0.275. The van der Waals surface area contributed by atoms with E-state index in [0.717, 1.165) is 0 Å². The number of aromatic nitrogens is 2. The smallest absolute Gasteiger partial charge is 0.247 e. The number of halogens is 2. The molecule has 0 radical (unpaired) electrons. The van der Waals surface area contributed by atoms with E-state index in [-0.39, 0.29) is 5.02 Å². The molecule has 6 heteroatoms. The predicted molar refractivity (Wildman–Crippen MR) is 71.1 cm³/mol. The Morgan fingerprint density at radius 3 is 2.63 bits per heavy atom. The highest BCUT2D eigenvalue weighted by atomic mass is 35.5. The van der Waals surface area contributed by atoms with Crippen molar-refractivity contribution in [2.75, 3.05) is 0 Å². The number of benzene rings is 1. The van der Waals surface area contributed by atoms with Crippen LogP contribution in [0.2, 0.25) is 5.02 Å². The monoisotopic (exact) mass is 283 g/mol. The highest BCUT2D eigenvalue weighted by molar-refractivity contribution is 6.33. The van der Waals surface area contributed by atoms with Gasteiger partial charge in [-0.2, -0.15) is 4.98 Å². The number of nitrogens with zero attached hydrogens (tertiary/aromatic N) is 2. The second kappa shape index (κ2) is 5.27. The van der Waals surface area contributed by atoms with Gasteiger partial charge in [0.15, 0.2) is 0 Å². The van der Waals surface area contributed by atoms with Gasteiger partial charge in [0.2, 0.25) is 11.7 Å². The van der Waals surface area contributed by atoms with E-state index in [9.17, 15) is 4.39 Å². The quantitative estimate of drug-likeness (QED) is 0.932. The van der Waals surface area contributed by atoms with Crippen molar-refractivity contribution >= 4 is 11.6 Å². The minimum absolute atomic E-state index is 0.239. The van der Waals surface area contributed by atoms with Gasteiger partial charge in [-0.1, -0.05) is 30.6 Å². The SMILES string of the molecule is CCC(N)(CC)c1nc(-c2ccc(F)cc2Cl)no1. The van der Waals surface area contributed by atoms with Crippen LogP contribution >= 0.6 is 11.6 Å². The molecule has 2 rings (SSSR count). The number of hydrogen-bond acceptors (Lipinski definition) is 4. The van der Waals surface area contributed by atoms with Crippen LogP contribution < -0.4 is 5.73 Å². The minimum atomic E-state index is -0.641. The van der Waals surface area contributed by atoms with Crippen LogP contribution in [-0.2, 0) is 5.54 Å². The average molecular weight is 284 g/mol. The van der Waals surface area contributed by atoms with Crippen LogP contribution in [0.4, 0.5) is 4.39 Å². The number of rotatable bonds is 4. The van der Waals surface area contributed by atoms with Crippen LogP contribution in [0.1, 0.15) is 32.6 Å². The van der Waals surface area contributed by atoms with Gasteiger partial charge >= 0.3 is 0 Å². The van der Waals surface area contributed by atoms with Gasteiger partial charge in [0.05, 0.1) is 10.6 Å².